The first-order chi connectivity index (χ1) is 6.25. The van der Waals surface area contributed by atoms with Crippen LogP contribution in [0.5, 0.6) is 5.75 Å². The average molecular weight is 196 g/mol. The van der Waals surface area contributed by atoms with Gasteiger partial charge in [-0.3, -0.25) is 9.59 Å². The van der Waals surface area contributed by atoms with Crippen molar-refractivity contribution in [1.29, 1.82) is 0 Å². The van der Waals surface area contributed by atoms with Crippen molar-refractivity contribution in [3.05, 3.63) is 26.0 Å². The van der Waals surface area contributed by atoms with Crippen LogP contribution < -0.4 is 15.6 Å². The summed E-state index contributed by atoms with van der Waals surface area (Å²) in [5, 5.41) is 0. The maximum atomic E-state index is 11.3. The van der Waals surface area contributed by atoms with E-state index in [-0.39, 0.29) is 17.3 Å². The average Bonchev–Trinajstić information content (AvgIpc) is 1.99. The number of rotatable bonds is 2. The van der Waals surface area contributed by atoms with Crippen LogP contribution in [0.4, 0.5) is 0 Å². The number of hydrogen-bond acceptors (Lipinski definition) is 3. The Labute approximate surface area is 83.4 Å². The van der Waals surface area contributed by atoms with E-state index in [1.54, 1.807) is 0 Å². The highest BCUT2D eigenvalue weighted by molar-refractivity contribution is 5.44. The zero-order chi connectivity index (χ0) is 11.1. The molecule has 78 valence electrons. The van der Waals surface area contributed by atoms with Crippen LogP contribution >= 0.6 is 0 Å². The largest absolute Gasteiger partial charge is 0.486 e. The van der Waals surface area contributed by atoms with E-state index in [0.29, 0.717) is 5.56 Å². The van der Waals surface area contributed by atoms with E-state index >= 15 is 0 Å². The van der Waals surface area contributed by atoms with Crippen LogP contribution in [0.25, 0.3) is 0 Å². The van der Waals surface area contributed by atoms with Gasteiger partial charge in [0.1, 0.15) is 0 Å². The van der Waals surface area contributed by atoms with Crippen molar-refractivity contribution in [2.24, 2.45) is 0 Å². The highest BCUT2D eigenvalue weighted by Crippen LogP contribution is 2.27. The summed E-state index contributed by atoms with van der Waals surface area (Å²) in [4.78, 5) is 22.5. The molecule has 0 fully saturated rings. The van der Waals surface area contributed by atoms with Gasteiger partial charge < -0.3 is 4.74 Å². The van der Waals surface area contributed by atoms with Crippen molar-refractivity contribution in [3.63, 3.8) is 0 Å². The second-order valence-corrected chi connectivity index (χ2v) is 4.78. The molecule has 1 aromatic rings. The summed E-state index contributed by atoms with van der Waals surface area (Å²) < 4.78 is 5.32. The van der Waals surface area contributed by atoms with Crippen LogP contribution in [0.2, 0.25) is 0 Å². The van der Waals surface area contributed by atoms with Gasteiger partial charge in [0.25, 0.3) is 5.43 Å². The van der Waals surface area contributed by atoms with Crippen molar-refractivity contribution in [3.8, 4) is 5.75 Å². The van der Waals surface area contributed by atoms with Crippen LogP contribution in [-0.4, -0.2) is 6.10 Å². The lowest BCUT2D eigenvalue weighted by Crippen LogP contribution is -2.42. The van der Waals surface area contributed by atoms with Gasteiger partial charge in [-0.2, -0.15) is 0 Å². The van der Waals surface area contributed by atoms with Crippen molar-refractivity contribution in [2.75, 3.05) is 0 Å². The molecule has 0 N–H and O–H groups in total. The zero-order valence-electron chi connectivity index (χ0n) is 9.30. The summed E-state index contributed by atoms with van der Waals surface area (Å²) >= 11 is 0. The van der Waals surface area contributed by atoms with E-state index < -0.39 is 10.9 Å². The molecule has 0 bridgehead atoms. The van der Waals surface area contributed by atoms with Crippen molar-refractivity contribution < 1.29 is 4.74 Å². The Kier molecular flexibility index (Phi) is 2.52. The van der Waals surface area contributed by atoms with E-state index in [4.69, 9.17) is 4.74 Å². The van der Waals surface area contributed by atoms with E-state index in [9.17, 15) is 9.59 Å². The summed E-state index contributed by atoms with van der Waals surface area (Å²) in [6, 6.07) is 0. The molecule has 0 atom stereocenters. The Morgan fingerprint density at radius 3 is 1.93 bits per heavy atom. The summed E-state index contributed by atoms with van der Waals surface area (Å²) in [6.07, 6.45) is -0.0700. The normalized spacial score (nSPS) is 12.4. The van der Waals surface area contributed by atoms with Gasteiger partial charge in [-0.25, -0.2) is 0 Å². The Morgan fingerprint density at radius 2 is 1.57 bits per heavy atom. The van der Waals surface area contributed by atoms with E-state index in [1.807, 2.05) is 34.6 Å². The molecule has 0 amide bonds. The molecule has 0 aromatic heterocycles. The predicted molar refractivity (Wildman–Crippen MR) is 55.8 cm³/mol. The maximum Gasteiger partial charge on any atom is 0.268 e. The molecule has 0 unspecified atom stereocenters. The highest BCUT2D eigenvalue weighted by Gasteiger charge is 2.31. The first-order valence-corrected chi connectivity index (χ1v) is 4.75. The molecule has 0 aliphatic carbocycles. The minimum absolute atomic E-state index is 0.0700. The molecule has 0 saturated heterocycles. The van der Waals surface area contributed by atoms with Gasteiger partial charge in [0.2, 0.25) is 5.43 Å². The smallest absolute Gasteiger partial charge is 0.268 e. The summed E-state index contributed by atoms with van der Waals surface area (Å²) in [5.41, 5.74) is -0.664. The lowest BCUT2D eigenvalue weighted by molar-refractivity contribution is 0.230. The first kappa shape index (κ1) is 11.0. The Balaban J connectivity index is 3.14. The molecular weight excluding hydrogens is 180 g/mol. The van der Waals surface area contributed by atoms with Crippen molar-refractivity contribution in [1.82, 2.24) is 0 Å². The molecule has 0 heterocycles. The van der Waals surface area contributed by atoms with Crippen LogP contribution in [0.3, 0.4) is 0 Å². The third-order valence-corrected chi connectivity index (χ3v) is 1.97. The Morgan fingerprint density at radius 1 is 1.07 bits per heavy atom. The van der Waals surface area contributed by atoms with Crippen LogP contribution in [0, 0.1) is 0 Å². The van der Waals surface area contributed by atoms with Gasteiger partial charge >= 0.3 is 0 Å². The molecule has 1 aromatic carbocycles. The van der Waals surface area contributed by atoms with Gasteiger partial charge in [-0.05, 0) is 19.3 Å². The van der Waals surface area contributed by atoms with Gasteiger partial charge in [0.15, 0.2) is 5.75 Å². The third-order valence-electron chi connectivity index (χ3n) is 1.97. The standard InChI is InChI=1S/C11H16O3/c1-6(2)14-10-7(11(3,4)5)8(12)9(10)13/h6H,1-5H3. The van der Waals surface area contributed by atoms with E-state index in [1.165, 1.54) is 0 Å². The molecule has 0 radical (unpaired) electrons. The minimum atomic E-state index is -0.483. The minimum Gasteiger partial charge on any atom is -0.486 e. The van der Waals surface area contributed by atoms with Crippen LogP contribution in [0.1, 0.15) is 40.2 Å². The highest BCUT2D eigenvalue weighted by atomic mass is 16.5. The second-order valence-electron chi connectivity index (χ2n) is 4.78. The zero-order valence-corrected chi connectivity index (χ0v) is 9.30. The molecule has 3 heteroatoms. The van der Waals surface area contributed by atoms with E-state index in [0.717, 1.165) is 0 Å². The topological polar surface area (TPSA) is 43.4 Å². The molecule has 0 saturated carbocycles. The molecule has 3 nitrogen and oxygen atoms in total. The van der Waals surface area contributed by atoms with E-state index in [2.05, 4.69) is 0 Å². The Bertz CT molecular complexity index is 401. The fourth-order valence-electron chi connectivity index (χ4n) is 1.40. The monoisotopic (exact) mass is 196 g/mol. The van der Waals surface area contributed by atoms with Gasteiger partial charge in [0, 0.05) is 0 Å². The summed E-state index contributed by atoms with van der Waals surface area (Å²) in [6.45, 7) is 9.37. The van der Waals surface area contributed by atoms with Crippen molar-refractivity contribution >= 4 is 0 Å². The molecule has 0 aliphatic rings. The maximum absolute atomic E-state index is 11.3. The predicted octanol–water partition coefficient (Wildman–Crippen LogP) is 1.37. The Hall–Kier alpha value is -1.12. The van der Waals surface area contributed by atoms with Crippen LogP contribution in [-0.2, 0) is 5.41 Å². The number of hydrogen-bond donors (Lipinski definition) is 0. The SMILES string of the molecule is CC(C)Oc1c(C(C)(C)C)c(=O)c1=O. The molecule has 1 rings (SSSR count). The van der Waals surface area contributed by atoms with Crippen molar-refractivity contribution in [2.45, 2.75) is 46.1 Å². The van der Waals surface area contributed by atoms with Gasteiger partial charge in [0.05, 0.1) is 11.7 Å². The fourth-order valence-corrected chi connectivity index (χ4v) is 1.40. The summed E-state index contributed by atoms with van der Waals surface area (Å²) in [7, 11) is 0. The lowest BCUT2D eigenvalue weighted by Gasteiger charge is -2.24. The fraction of sp³-hybridized carbons (Fsp3) is 0.636. The van der Waals surface area contributed by atoms with Gasteiger partial charge in [-0.1, -0.05) is 20.8 Å². The second kappa shape index (κ2) is 3.23. The first-order valence-electron chi connectivity index (χ1n) is 4.75. The molecular formula is C11H16O3. The molecule has 0 spiro atoms. The quantitative estimate of drug-likeness (QED) is 0.671. The number of ether oxygens (including phenoxy) is 1. The molecule has 14 heavy (non-hydrogen) atoms. The summed E-state index contributed by atoms with van der Waals surface area (Å²) in [5.74, 6) is 0.262. The lowest BCUT2D eigenvalue weighted by atomic mass is 9.83. The van der Waals surface area contributed by atoms with Crippen LogP contribution in [0.15, 0.2) is 9.59 Å². The third kappa shape index (κ3) is 1.72. The van der Waals surface area contributed by atoms with Gasteiger partial charge in [-0.15, -0.1) is 0 Å². The molecule has 0 aliphatic heterocycles.